The van der Waals surface area contributed by atoms with E-state index in [0.29, 0.717) is 0 Å². The van der Waals surface area contributed by atoms with Crippen molar-refractivity contribution in [2.75, 3.05) is 0 Å². The zero-order chi connectivity index (χ0) is 9.36. The Morgan fingerprint density at radius 2 is 1.77 bits per heavy atom. The van der Waals surface area contributed by atoms with E-state index in [1.54, 1.807) is 24.7 Å². The summed E-state index contributed by atoms with van der Waals surface area (Å²) in [7, 11) is 0. The third kappa shape index (κ3) is 4.53. The molecule has 0 aromatic carbocycles. The molecule has 0 spiro atoms. The average molecular weight is 177 g/mol. The minimum atomic E-state index is -0.303. The van der Waals surface area contributed by atoms with Crippen molar-refractivity contribution in [3.63, 3.8) is 0 Å². The molecule has 0 amide bonds. The lowest BCUT2D eigenvalue weighted by molar-refractivity contribution is 0.511. The smallest absolute Gasteiger partial charge is 0.335 e. The topological polar surface area (TPSA) is 41.5 Å². The molecule has 13 heavy (non-hydrogen) atoms. The first-order chi connectivity index (χ1) is 6.39. The van der Waals surface area contributed by atoms with Crippen molar-refractivity contribution < 1.29 is 8.83 Å². The van der Waals surface area contributed by atoms with Crippen molar-refractivity contribution in [2.24, 2.45) is 0 Å². The molecular weight excluding hydrogens is 168 g/mol. The van der Waals surface area contributed by atoms with E-state index in [2.05, 4.69) is 8.83 Å². The van der Waals surface area contributed by atoms with E-state index in [9.17, 15) is 4.79 Å². The van der Waals surface area contributed by atoms with E-state index in [4.69, 9.17) is 0 Å². The van der Waals surface area contributed by atoms with Crippen LogP contribution >= 0.6 is 0 Å². The van der Waals surface area contributed by atoms with Crippen LogP contribution in [0.3, 0.4) is 0 Å². The van der Waals surface area contributed by atoms with E-state index in [1.807, 2.05) is 18.2 Å². The highest BCUT2D eigenvalue weighted by atomic mass is 16.4. The lowest BCUT2D eigenvalue weighted by atomic mass is 10.5. The van der Waals surface area contributed by atoms with Crippen molar-refractivity contribution in [3.8, 4) is 0 Å². The van der Waals surface area contributed by atoms with Gasteiger partial charge in [-0.05, 0) is 12.1 Å². The van der Waals surface area contributed by atoms with Gasteiger partial charge >= 0.3 is 18.2 Å². The first-order valence-corrected chi connectivity index (χ1v) is 3.74. The summed E-state index contributed by atoms with van der Waals surface area (Å²) < 4.78 is 9.05. The summed E-state index contributed by atoms with van der Waals surface area (Å²) in [5, 5.41) is 0. The van der Waals surface area contributed by atoms with Gasteiger partial charge in [0.25, 0.3) is 0 Å². The Kier molecular flexibility index (Phi) is 4.04. The molecule has 0 saturated carbocycles. The third-order valence-corrected chi connectivity index (χ3v) is 1.14. The van der Waals surface area contributed by atoms with E-state index in [-0.39, 0.29) is 5.63 Å². The van der Waals surface area contributed by atoms with E-state index >= 15 is 0 Å². The molecule has 0 fully saturated rings. The van der Waals surface area contributed by atoms with Crippen LogP contribution in [-0.4, -0.2) is 0 Å². The quantitative estimate of drug-likeness (QED) is 0.579. The summed E-state index contributed by atoms with van der Waals surface area (Å²) in [5.74, 6) is 0. The predicted octanol–water partition coefficient (Wildman–Crippen LogP) is 2.20. The standard InChI is InChI=1S/C5H4O2.C5H5O/c6-5-3-1-2-4-7-5;1-2-4-6-5-3-1/h1-4H;1-5H/q;+1. The van der Waals surface area contributed by atoms with Gasteiger partial charge in [0, 0.05) is 18.2 Å². The molecule has 0 saturated heterocycles. The molecular formula is C10H9O3+. The Labute approximate surface area is 75.3 Å². The molecule has 0 aliphatic rings. The maximum absolute atomic E-state index is 10.1. The second-order valence-electron chi connectivity index (χ2n) is 2.11. The molecule has 2 rings (SSSR count). The van der Waals surface area contributed by atoms with Gasteiger partial charge in [-0.3, -0.25) is 0 Å². The van der Waals surface area contributed by atoms with Crippen LogP contribution in [0.4, 0.5) is 0 Å². The highest BCUT2D eigenvalue weighted by Gasteiger charge is 1.73. The van der Waals surface area contributed by atoms with Gasteiger partial charge in [0.1, 0.15) is 0 Å². The second-order valence-corrected chi connectivity index (χ2v) is 2.11. The Morgan fingerprint density at radius 3 is 2.00 bits per heavy atom. The average Bonchev–Trinajstić information content (AvgIpc) is 2.22. The van der Waals surface area contributed by atoms with Gasteiger partial charge in [0.15, 0.2) is 0 Å². The van der Waals surface area contributed by atoms with E-state index in [0.717, 1.165) is 0 Å². The van der Waals surface area contributed by atoms with Crippen LogP contribution in [-0.2, 0) is 0 Å². The Balaban J connectivity index is 0.000000132. The normalized spacial score (nSPS) is 8.31. The number of hydrogen-bond acceptors (Lipinski definition) is 2. The zero-order valence-electron chi connectivity index (χ0n) is 6.92. The van der Waals surface area contributed by atoms with Crippen molar-refractivity contribution in [1.29, 1.82) is 0 Å². The fraction of sp³-hybridized carbons (Fsp3) is 0. The summed E-state index contributed by atoms with van der Waals surface area (Å²) in [6, 6.07) is 10.2. The monoisotopic (exact) mass is 177 g/mol. The van der Waals surface area contributed by atoms with Crippen molar-refractivity contribution in [1.82, 2.24) is 0 Å². The van der Waals surface area contributed by atoms with E-state index < -0.39 is 0 Å². The molecule has 3 heteroatoms. The maximum atomic E-state index is 10.1. The molecule has 0 aliphatic heterocycles. The zero-order valence-corrected chi connectivity index (χ0v) is 6.92. The van der Waals surface area contributed by atoms with Gasteiger partial charge < -0.3 is 4.42 Å². The van der Waals surface area contributed by atoms with Crippen LogP contribution in [0.2, 0.25) is 0 Å². The molecule has 2 aromatic heterocycles. The lowest BCUT2D eigenvalue weighted by Gasteiger charge is -1.72. The van der Waals surface area contributed by atoms with Gasteiger partial charge in [0.2, 0.25) is 0 Å². The molecule has 3 nitrogen and oxygen atoms in total. The highest BCUT2D eigenvalue weighted by Crippen LogP contribution is 1.79. The van der Waals surface area contributed by atoms with Crippen LogP contribution in [0, 0.1) is 0 Å². The van der Waals surface area contributed by atoms with Gasteiger partial charge in [0.05, 0.1) is 6.26 Å². The van der Waals surface area contributed by atoms with E-state index in [1.165, 1.54) is 12.3 Å². The molecule has 0 atom stereocenters. The molecule has 0 unspecified atom stereocenters. The summed E-state index contributed by atoms with van der Waals surface area (Å²) in [4.78, 5) is 10.1. The van der Waals surface area contributed by atoms with Crippen LogP contribution in [0.5, 0.6) is 0 Å². The van der Waals surface area contributed by atoms with Crippen molar-refractivity contribution in [3.05, 3.63) is 65.6 Å². The first-order valence-electron chi connectivity index (χ1n) is 3.74. The maximum Gasteiger partial charge on any atom is 0.335 e. The van der Waals surface area contributed by atoms with Gasteiger partial charge in [-0.25, -0.2) is 9.21 Å². The minimum absolute atomic E-state index is 0.303. The van der Waals surface area contributed by atoms with Gasteiger partial charge in [-0.2, -0.15) is 0 Å². The fourth-order valence-corrected chi connectivity index (χ4v) is 0.616. The molecule has 2 aromatic rings. The molecule has 66 valence electrons. The number of hydrogen-bond donors (Lipinski definition) is 0. The van der Waals surface area contributed by atoms with Crippen molar-refractivity contribution in [2.45, 2.75) is 0 Å². The van der Waals surface area contributed by atoms with Gasteiger partial charge in [-0.1, -0.05) is 6.07 Å². The Bertz CT molecular complexity index is 323. The van der Waals surface area contributed by atoms with Crippen molar-refractivity contribution >= 4 is 0 Å². The second kappa shape index (κ2) is 5.71. The summed E-state index contributed by atoms with van der Waals surface area (Å²) in [5.41, 5.74) is -0.303. The number of rotatable bonds is 0. The molecule has 2 heterocycles. The third-order valence-electron chi connectivity index (χ3n) is 1.14. The lowest BCUT2D eigenvalue weighted by Crippen LogP contribution is -1.90. The minimum Gasteiger partial charge on any atom is -0.431 e. The Hall–Kier alpha value is -1.90. The van der Waals surface area contributed by atoms with Crippen LogP contribution < -0.4 is 5.63 Å². The van der Waals surface area contributed by atoms with Crippen LogP contribution in [0.1, 0.15) is 0 Å². The fourth-order valence-electron chi connectivity index (χ4n) is 0.616. The van der Waals surface area contributed by atoms with Crippen LogP contribution in [0.15, 0.2) is 68.8 Å². The SMILES string of the molecule is O=c1cccco1.c1cc[o+]cc1. The first kappa shape index (κ1) is 9.19. The molecule has 0 bridgehead atoms. The largest absolute Gasteiger partial charge is 0.431 e. The predicted molar refractivity (Wildman–Crippen MR) is 48.1 cm³/mol. The molecule has 0 aliphatic carbocycles. The summed E-state index contributed by atoms with van der Waals surface area (Å²) >= 11 is 0. The van der Waals surface area contributed by atoms with Gasteiger partial charge in [-0.15, -0.1) is 0 Å². The molecule has 0 N–H and O–H groups in total. The Morgan fingerprint density at radius 1 is 1.00 bits per heavy atom. The summed E-state index contributed by atoms with van der Waals surface area (Å²) in [6.07, 6.45) is 4.60. The highest BCUT2D eigenvalue weighted by molar-refractivity contribution is 4.85. The summed E-state index contributed by atoms with van der Waals surface area (Å²) in [6.45, 7) is 0. The van der Waals surface area contributed by atoms with Crippen LogP contribution in [0.25, 0.3) is 0 Å². The molecule has 0 radical (unpaired) electrons.